The molecule has 0 heterocycles. The van der Waals surface area contributed by atoms with E-state index in [1.807, 2.05) is 0 Å². The van der Waals surface area contributed by atoms with E-state index in [9.17, 15) is 0 Å². The molecule has 0 bridgehead atoms. The molecule has 0 spiro atoms. The van der Waals surface area contributed by atoms with Gasteiger partial charge in [0, 0.05) is 16.9 Å². The third-order valence-electron chi connectivity index (χ3n) is 7.63. The summed E-state index contributed by atoms with van der Waals surface area (Å²) < 4.78 is 0. The third-order valence-corrected chi connectivity index (χ3v) is 7.63. The van der Waals surface area contributed by atoms with Crippen molar-refractivity contribution >= 4 is 27.8 Å². The molecule has 0 saturated carbocycles. The largest absolute Gasteiger partial charge is 0.310 e. The van der Waals surface area contributed by atoms with Crippen LogP contribution in [0.15, 0.2) is 176 Å². The van der Waals surface area contributed by atoms with Gasteiger partial charge in [0.2, 0.25) is 0 Å². The van der Waals surface area contributed by atoms with Gasteiger partial charge in [0.05, 0.1) is 5.69 Å². The summed E-state index contributed by atoms with van der Waals surface area (Å²) in [4.78, 5) is 2.39. The van der Waals surface area contributed by atoms with E-state index in [1.165, 1.54) is 44.2 Å². The summed E-state index contributed by atoms with van der Waals surface area (Å²) in [7, 11) is 0. The highest BCUT2D eigenvalue weighted by Crippen LogP contribution is 2.42. The van der Waals surface area contributed by atoms with Gasteiger partial charge < -0.3 is 4.90 Å². The molecule has 0 aliphatic heterocycles. The third kappa shape index (κ3) is 5.02. The second kappa shape index (κ2) is 11.0. The average Bonchev–Trinajstić information content (AvgIpc) is 3.06. The van der Waals surface area contributed by atoms with Gasteiger partial charge in [-0.3, -0.25) is 0 Å². The van der Waals surface area contributed by atoms with E-state index in [0.29, 0.717) is 0 Å². The molecule has 7 aromatic rings. The Morgan fingerprint density at radius 3 is 1.51 bits per heavy atom. The van der Waals surface area contributed by atoms with Crippen LogP contribution in [-0.4, -0.2) is 0 Å². The molecule has 0 N–H and O–H groups in total. The lowest BCUT2D eigenvalue weighted by Crippen LogP contribution is -2.11. The van der Waals surface area contributed by atoms with Gasteiger partial charge in [0.15, 0.2) is 0 Å². The predicted octanol–water partition coefficient (Wildman–Crippen LogP) is 11.3. The molecule has 0 unspecified atom stereocenters. The first kappa shape index (κ1) is 24.6. The maximum Gasteiger partial charge on any atom is 0.0540 e. The SMILES string of the molecule is c1ccc(-c2cccc(N(c3cccc(-c4ccc5ccccc5c4)c3)c3ccccc3-c3ccccc3)c2)cc1. The molecule has 0 radical (unpaired) electrons. The number of nitrogens with zero attached hydrogens (tertiary/aromatic N) is 1. The summed E-state index contributed by atoms with van der Waals surface area (Å²) in [5.74, 6) is 0. The molecule has 0 aliphatic carbocycles. The van der Waals surface area contributed by atoms with E-state index < -0.39 is 0 Å². The van der Waals surface area contributed by atoms with E-state index in [2.05, 4.69) is 181 Å². The Hall–Kier alpha value is -5.40. The van der Waals surface area contributed by atoms with Gasteiger partial charge in [0.25, 0.3) is 0 Å². The molecule has 7 aromatic carbocycles. The van der Waals surface area contributed by atoms with Crippen LogP contribution in [0.5, 0.6) is 0 Å². The number of hydrogen-bond acceptors (Lipinski definition) is 1. The average molecular weight is 524 g/mol. The van der Waals surface area contributed by atoms with Crippen LogP contribution < -0.4 is 4.90 Å². The minimum absolute atomic E-state index is 1.12. The van der Waals surface area contributed by atoms with Crippen LogP contribution in [0.25, 0.3) is 44.2 Å². The van der Waals surface area contributed by atoms with Gasteiger partial charge in [-0.25, -0.2) is 0 Å². The fourth-order valence-corrected chi connectivity index (χ4v) is 5.61. The standard InChI is InChI=1S/C40H29N/c1-3-13-30(14-4-1)34-19-11-21-37(28-34)41(40-24-10-9-23-39(40)32-16-5-2-6-17-32)38-22-12-20-35(29-38)36-26-25-31-15-7-8-18-33(31)27-36/h1-29H. The molecule has 0 saturated heterocycles. The van der Waals surface area contributed by atoms with Crippen LogP contribution in [0.3, 0.4) is 0 Å². The van der Waals surface area contributed by atoms with Crippen LogP contribution in [0, 0.1) is 0 Å². The second-order valence-corrected chi connectivity index (χ2v) is 10.2. The van der Waals surface area contributed by atoms with Crippen LogP contribution in [-0.2, 0) is 0 Å². The summed E-state index contributed by atoms with van der Waals surface area (Å²) in [5, 5.41) is 2.50. The number of fused-ring (bicyclic) bond motifs is 1. The van der Waals surface area contributed by atoms with Gasteiger partial charge in [0.1, 0.15) is 0 Å². The first-order valence-corrected chi connectivity index (χ1v) is 14.0. The highest BCUT2D eigenvalue weighted by molar-refractivity contribution is 5.91. The van der Waals surface area contributed by atoms with Crippen molar-refractivity contribution in [1.29, 1.82) is 0 Å². The molecular weight excluding hydrogens is 494 g/mol. The minimum atomic E-state index is 1.12. The van der Waals surface area contributed by atoms with Crippen molar-refractivity contribution in [1.82, 2.24) is 0 Å². The molecule has 0 fully saturated rings. The van der Waals surface area contributed by atoms with Crippen molar-refractivity contribution in [2.45, 2.75) is 0 Å². The molecular formula is C40H29N. The smallest absolute Gasteiger partial charge is 0.0540 e. The number of anilines is 3. The maximum atomic E-state index is 2.39. The summed E-state index contributed by atoms with van der Waals surface area (Å²) in [6.45, 7) is 0. The highest BCUT2D eigenvalue weighted by Gasteiger charge is 2.18. The van der Waals surface area contributed by atoms with Gasteiger partial charge >= 0.3 is 0 Å². The van der Waals surface area contributed by atoms with E-state index >= 15 is 0 Å². The molecule has 194 valence electrons. The summed E-state index contributed by atoms with van der Waals surface area (Å²) >= 11 is 0. The van der Waals surface area contributed by atoms with Crippen molar-refractivity contribution in [2.24, 2.45) is 0 Å². The fourth-order valence-electron chi connectivity index (χ4n) is 5.61. The lowest BCUT2D eigenvalue weighted by molar-refractivity contribution is 1.28. The van der Waals surface area contributed by atoms with Crippen molar-refractivity contribution < 1.29 is 0 Å². The summed E-state index contributed by atoms with van der Waals surface area (Å²) in [5.41, 5.74) is 10.5. The Morgan fingerprint density at radius 2 is 0.805 bits per heavy atom. The number of rotatable bonds is 6. The van der Waals surface area contributed by atoms with E-state index in [-0.39, 0.29) is 0 Å². The van der Waals surface area contributed by atoms with Crippen molar-refractivity contribution in [3.05, 3.63) is 176 Å². The van der Waals surface area contributed by atoms with Crippen molar-refractivity contribution in [2.75, 3.05) is 4.90 Å². The predicted molar refractivity (Wildman–Crippen MR) is 175 cm³/mol. The van der Waals surface area contributed by atoms with Crippen LogP contribution in [0.4, 0.5) is 17.1 Å². The van der Waals surface area contributed by atoms with Crippen LogP contribution in [0.2, 0.25) is 0 Å². The van der Waals surface area contributed by atoms with Crippen LogP contribution in [0.1, 0.15) is 0 Å². The normalized spacial score (nSPS) is 10.9. The molecule has 0 amide bonds. The lowest BCUT2D eigenvalue weighted by Gasteiger charge is -2.28. The molecule has 7 rings (SSSR count). The topological polar surface area (TPSA) is 3.24 Å². The Labute approximate surface area is 241 Å². The van der Waals surface area contributed by atoms with Gasteiger partial charge in [-0.2, -0.15) is 0 Å². The zero-order valence-corrected chi connectivity index (χ0v) is 22.7. The Morgan fingerprint density at radius 1 is 0.293 bits per heavy atom. The number of hydrogen-bond donors (Lipinski definition) is 0. The molecule has 0 atom stereocenters. The van der Waals surface area contributed by atoms with Crippen molar-refractivity contribution in [3.8, 4) is 33.4 Å². The second-order valence-electron chi connectivity index (χ2n) is 10.2. The maximum absolute atomic E-state index is 2.39. The molecule has 0 aromatic heterocycles. The van der Waals surface area contributed by atoms with Gasteiger partial charge in [-0.1, -0.05) is 140 Å². The monoisotopic (exact) mass is 523 g/mol. The zero-order chi connectivity index (χ0) is 27.4. The van der Waals surface area contributed by atoms with E-state index in [0.717, 1.165) is 17.1 Å². The van der Waals surface area contributed by atoms with Gasteiger partial charge in [-0.15, -0.1) is 0 Å². The number of para-hydroxylation sites is 1. The van der Waals surface area contributed by atoms with E-state index in [4.69, 9.17) is 0 Å². The van der Waals surface area contributed by atoms with E-state index in [1.54, 1.807) is 0 Å². The van der Waals surface area contributed by atoms with Crippen LogP contribution >= 0.6 is 0 Å². The summed E-state index contributed by atoms with van der Waals surface area (Å²) in [6.07, 6.45) is 0. The Bertz CT molecular complexity index is 1940. The highest BCUT2D eigenvalue weighted by atomic mass is 15.1. The molecule has 1 nitrogen and oxygen atoms in total. The number of benzene rings is 7. The van der Waals surface area contributed by atoms with Gasteiger partial charge in [-0.05, 0) is 75.0 Å². The fraction of sp³-hybridized carbons (Fsp3) is 0. The lowest BCUT2D eigenvalue weighted by atomic mass is 9.98. The quantitative estimate of drug-likeness (QED) is 0.209. The first-order valence-electron chi connectivity index (χ1n) is 14.0. The Kier molecular flexibility index (Phi) is 6.61. The Balaban J connectivity index is 1.41. The molecule has 0 aliphatic rings. The first-order chi connectivity index (χ1) is 20.3. The zero-order valence-electron chi connectivity index (χ0n) is 22.7. The molecule has 1 heteroatoms. The minimum Gasteiger partial charge on any atom is -0.310 e. The summed E-state index contributed by atoms with van der Waals surface area (Å²) in [6, 6.07) is 62.9. The molecule has 41 heavy (non-hydrogen) atoms. The van der Waals surface area contributed by atoms with Crippen molar-refractivity contribution in [3.63, 3.8) is 0 Å².